The van der Waals surface area contributed by atoms with E-state index < -0.39 is 0 Å². The first kappa shape index (κ1) is 15.2. The number of benzene rings is 1. The van der Waals surface area contributed by atoms with Gasteiger partial charge in [-0.1, -0.05) is 19.9 Å². The summed E-state index contributed by atoms with van der Waals surface area (Å²) in [6, 6.07) is 6.65. The van der Waals surface area contributed by atoms with Gasteiger partial charge in [0.25, 0.3) is 0 Å². The van der Waals surface area contributed by atoms with Gasteiger partial charge in [0, 0.05) is 30.9 Å². The zero-order valence-electron chi connectivity index (χ0n) is 13.4. The van der Waals surface area contributed by atoms with Crippen molar-refractivity contribution in [3.8, 4) is 5.75 Å². The van der Waals surface area contributed by atoms with Crippen LogP contribution < -0.4 is 15.0 Å². The zero-order chi connectivity index (χ0) is 14.7. The van der Waals surface area contributed by atoms with Crippen LogP contribution in [0.15, 0.2) is 18.2 Å². The molecule has 1 aliphatic rings. The Labute approximate surface area is 123 Å². The fourth-order valence-corrected chi connectivity index (χ4v) is 2.99. The van der Waals surface area contributed by atoms with Gasteiger partial charge in [0.15, 0.2) is 0 Å². The zero-order valence-corrected chi connectivity index (χ0v) is 13.4. The number of methoxy groups -OCH3 is 1. The van der Waals surface area contributed by atoms with E-state index in [1.54, 1.807) is 7.11 Å². The molecule has 0 bridgehead atoms. The molecule has 1 fully saturated rings. The number of ether oxygens (including phenoxy) is 1. The van der Waals surface area contributed by atoms with Crippen LogP contribution in [0.3, 0.4) is 0 Å². The molecular weight excluding hydrogens is 248 g/mol. The summed E-state index contributed by atoms with van der Waals surface area (Å²) in [5, 5.41) is 3.50. The Morgan fingerprint density at radius 3 is 2.70 bits per heavy atom. The molecule has 3 heteroatoms. The van der Waals surface area contributed by atoms with E-state index in [-0.39, 0.29) is 0 Å². The van der Waals surface area contributed by atoms with Gasteiger partial charge >= 0.3 is 0 Å². The monoisotopic (exact) mass is 276 g/mol. The maximum atomic E-state index is 5.58. The maximum absolute atomic E-state index is 5.58. The Bertz CT molecular complexity index is 447. The minimum Gasteiger partial charge on any atom is -0.496 e. The van der Waals surface area contributed by atoms with Crippen molar-refractivity contribution in [2.24, 2.45) is 11.8 Å². The van der Waals surface area contributed by atoms with Crippen molar-refractivity contribution in [3.63, 3.8) is 0 Å². The number of hydrogen-bond acceptors (Lipinski definition) is 3. The second kappa shape index (κ2) is 6.49. The lowest BCUT2D eigenvalue weighted by molar-refractivity contribution is 0.402. The SMILES string of the molecule is CCNC(C)c1c(OC)cccc1N(C)CC1CC1C. The second-order valence-corrected chi connectivity index (χ2v) is 6.03. The first-order valence-corrected chi connectivity index (χ1v) is 7.69. The molecule has 112 valence electrons. The van der Waals surface area contributed by atoms with Crippen LogP contribution in [0, 0.1) is 11.8 Å². The van der Waals surface area contributed by atoms with E-state index in [2.05, 4.69) is 56.2 Å². The molecule has 0 radical (unpaired) electrons. The van der Waals surface area contributed by atoms with Crippen molar-refractivity contribution in [1.29, 1.82) is 0 Å². The van der Waals surface area contributed by atoms with Crippen LogP contribution in [0.5, 0.6) is 5.75 Å². The minimum absolute atomic E-state index is 0.297. The highest BCUT2D eigenvalue weighted by Crippen LogP contribution is 2.40. The number of hydrogen-bond donors (Lipinski definition) is 1. The third-order valence-corrected chi connectivity index (χ3v) is 4.40. The molecule has 1 aromatic rings. The normalized spacial score (nSPS) is 22.4. The van der Waals surface area contributed by atoms with E-state index in [1.165, 1.54) is 17.7 Å². The molecule has 0 heterocycles. The highest BCUT2D eigenvalue weighted by Gasteiger charge is 2.33. The molecule has 0 aromatic heterocycles. The summed E-state index contributed by atoms with van der Waals surface area (Å²) < 4.78 is 5.58. The molecule has 3 unspecified atom stereocenters. The van der Waals surface area contributed by atoms with Crippen molar-refractivity contribution >= 4 is 5.69 Å². The Balaban J connectivity index is 2.25. The summed E-state index contributed by atoms with van der Waals surface area (Å²) in [7, 11) is 3.95. The number of anilines is 1. The van der Waals surface area contributed by atoms with Gasteiger partial charge in [-0.15, -0.1) is 0 Å². The van der Waals surface area contributed by atoms with Crippen LogP contribution in [0.4, 0.5) is 5.69 Å². The number of nitrogens with one attached hydrogen (secondary N) is 1. The van der Waals surface area contributed by atoms with Crippen molar-refractivity contribution < 1.29 is 4.74 Å². The van der Waals surface area contributed by atoms with E-state index in [4.69, 9.17) is 4.74 Å². The van der Waals surface area contributed by atoms with Gasteiger partial charge in [-0.25, -0.2) is 0 Å². The average Bonchev–Trinajstić information content (AvgIpc) is 3.13. The van der Waals surface area contributed by atoms with Gasteiger partial charge in [0.2, 0.25) is 0 Å². The first-order valence-electron chi connectivity index (χ1n) is 7.69. The van der Waals surface area contributed by atoms with Crippen molar-refractivity contribution in [1.82, 2.24) is 5.32 Å². The van der Waals surface area contributed by atoms with Crippen molar-refractivity contribution in [2.75, 3.05) is 32.1 Å². The molecular formula is C17H28N2O. The van der Waals surface area contributed by atoms with Crippen LogP contribution in [0.1, 0.15) is 38.8 Å². The van der Waals surface area contributed by atoms with Gasteiger partial charge in [-0.3, -0.25) is 0 Å². The number of rotatable bonds is 7. The Kier molecular flexibility index (Phi) is 4.92. The molecule has 1 aromatic carbocycles. The quantitative estimate of drug-likeness (QED) is 0.825. The summed E-state index contributed by atoms with van der Waals surface area (Å²) in [6.07, 6.45) is 1.37. The van der Waals surface area contributed by atoms with Gasteiger partial charge < -0.3 is 15.0 Å². The average molecular weight is 276 g/mol. The molecule has 0 aliphatic heterocycles. The molecule has 3 nitrogen and oxygen atoms in total. The Morgan fingerprint density at radius 1 is 1.45 bits per heavy atom. The molecule has 1 N–H and O–H groups in total. The molecule has 0 amide bonds. The molecule has 0 saturated heterocycles. The summed E-state index contributed by atoms with van der Waals surface area (Å²) >= 11 is 0. The van der Waals surface area contributed by atoms with Gasteiger partial charge in [0.1, 0.15) is 5.75 Å². The van der Waals surface area contributed by atoms with E-state index in [9.17, 15) is 0 Å². The van der Waals surface area contributed by atoms with E-state index in [1.807, 2.05) is 0 Å². The predicted molar refractivity (Wildman–Crippen MR) is 85.6 cm³/mol. The number of nitrogens with zero attached hydrogens (tertiary/aromatic N) is 1. The van der Waals surface area contributed by atoms with Gasteiger partial charge in [-0.2, -0.15) is 0 Å². The fraction of sp³-hybridized carbons (Fsp3) is 0.647. The summed E-state index contributed by atoms with van der Waals surface area (Å²) in [5.74, 6) is 2.72. The third kappa shape index (κ3) is 3.26. The van der Waals surface area contributed by atoms with E-state index >= 15 is 0 Å². The highest BCUT2D eigenvalue weighted by atomic mass is 16.5. The van der Waals surface area contributed by atoms with E-state index in [0.717, 1.165) is 30.7 Å². The smallest absolute Gasteiger partial charge is 0.125 e. The molecule has 3 atom stereocenters. The van der Waals surface area contributed by atoms with Crippen LogP contribution in [-0.4, -0.2) is 27.2 Å². The lowest BCUT2D eigenvalue weighted by Gasteiger charge is -2.27. The summed E-state index contributed by atoms with van der Waals surface area (Å²) in [6.45, 7) is 8.79. The van der Waals surface area contributed by atoms with Crippen LogP contribution in [0.25, 0.3) is 0 Å². The fourth-order valence-electron chi connectivity index (χ4n) is 2.99. The summed E-state index contributed by atoms with van der Waals surface area (Å²) in [4.78, 5) is 2.39. The van der Waals surface area contributed by atoms with Crippen molar-refractivity contribution in [2.45, 2.75) is 33.2 Å². The molecule has 2 rings (SSSR count). The first-order chi connectivity index (χ1) is 9.58. The Morgan fingerprint density at radius 2 is 2.15 bits per heavy atom. The van der Waals surface area contributed by atoms with E-state index in [0.29, 0.717) is 6.04 Å². The lowest BCUT2D eigenvalue weighted by atomic mass is 10.0. The molecule has 0 spiro atoms. The largest absolute Gasteiger partial charge is 0.496 e. The maximum Gasteiger partial charge on any atom is 0.125 e. The molecule has 20 heavy (non-hydrogen) atoms. The standard InChI is InChI=1S/C17H28N2O/c1-6-18-13(3)17-15(8-7-9-16(17)20-5)19(4)11-14-10-12(14)2/h7-9,12-14,18H,6,10-11H2,1-5H3. The predicted octanol–water partition coefficient (Wildman–Crippen LogP) is 3.46. The molecule has 1 saturated carbocycles. The summed E-state index contributed by atoms with van der Waals surface area (Å²) in [5.41, 5.74) is 2.56. The van der Waals surface area contributed by atoms with Crippen LogP contribution >= 0.6 is 0 Å². The van der Waals surface area contributed by atoms with Crippen LogP contribution in [0.2, 0.25) is 0 Å². The van der Waals surface area contributed by atoms with Gasteiger partial charge in [-0.05, 0) is 43.9 Å². The minimum atomic E-state index is 0.297. The highest BCUT2D eigenvalue weighted by molar-refractivity contribution is 5.60. The lowest BCUT2D eigenvalue weighted by Crippen LogP contribution is -2.25. The van der Waals surface area contributed by atoms with Gasteiger partial charge in [0.05, 0.1) is 7.11 Å². The second-order valence-electron chi connectivity index (χ2n) is 6.03. The topological polar surface area (TPSA) is 24.5 Å². The third-order valence-electron chi connectivity index (χ3n) is 4.40. The Hall–Kier alpha value is -1.22. The van der Waals surface area contributed by atoms with Crippen LogP contribution in [-0.2, 0) is 0 Å². The van der Waals surface area contributed by atoms with Crippen molar-refractivity contribution in [3.05, 3.63) is 23.8 Å². The molecule has 1 aliphatic carbocycles.